The summed E-state index contributed by atoms with van der Waals surface area (Å²) in [6, 6.07) is 5.87. The van der Waals surface area contributed by atoms with Crippen molar-refractivity contribution < 1.29 is 0 Å². The Morgan fingerprint density at radius 2 is 2.31 bits per heavy atom. The second-order valence-electron chi connectivity index (χ2n) is 3.40. The highest BCUT2D eigenvalue weighted by atomic mass is 79.9. The predicted molar refractivity (Wildman–Crippen MR) is 71.4 cm³/mol. The number of hydrogen-bond donors (Lipinski definition) is 1. The van der Waals surface area contributed by atoms with Gasteiger partial charge in [-0.25, -0.2) is 0 Å². The van der Waals surface area contributed by atoms with Crippen molar-refractivity contribution >= 4 is 33.1 Å². The molecule has 0 amide bonds. The topological polar surface area (TPSA) is 43.8 Å². The van der Waals surface area contributed by atoms with Crippen LogP contribution in [-0.4, -0.2) is 14.5 Å². The van der Waals surface area contributed by atoms with Gasteiger partial charge in [0.15, 0.2) is 0 Å². The lowest BCUT2D eigenvalue weighted by molar-refractivity contribution is 0.793. The Morgan fingerprint density at radius 3 is 3.00 bits per heavy atom. The minimum Gasteiger partial charge on any atom is -0.388 e. The Balaban J connectivity index is 2.27. The average molecular weight is 296 g/mol. The first-order chi connectivity index (χ1) is 7.66. The maximum atomic E-state index is 5.63. The Kier molecular flexibility index (Phi) is 3.36. The molecule has 0 aromatic carbocycles. The van der Waals surface area contributed by atoms with Crippen LogP contribution in [0.1, 0.15) is 11.3 Å². The molecule has 2 N–H and O–H groups in total. The molecular formula is C11H10BrN3S. The van der Waals surface area contributed by atoms with Crippen LogP contribution in [0.25, 0.3) is 0 Å². The summed E-state index contributed by atoms with van der Waals surface area (Å²) < 4.78 is 2.97. The highest BCUT2D eigenvalue weighted by molar-refractivity contribution is 9.10. The molecule has 16 heavy (non-hydrogen) atoms. The van der Waals surface area contributed by atoms with Gasteiger partial charge in [0, 0.05) is 29.6 Å². The molecule has 2 heterocycles. The maximum Gasteiger partial charge on any atom is 0.120 e. The molecule has 2 rings (SSSR count). The molecule has 0 saturated heterocycles. The lowest BCUT2D eigenvalue weighted by Crippen LogP contribution is -2.15. The van der Waals surface area contributed by atoms with Gasteiger partial charge in [-0.2, -0.15) is 0 Å². The highest BCUT2D eigenvalue weighted by Crippen LogP contribution is 2.12. The maximum absolute atomic E-state index is 5.63. The van der Waals surface area contributed by atoms with Crippen LogP contribution in [0.15, 0.2) is 41.3 Å². The van der Waals surface area contributed by atoms with Crippen molar-refractivity contribution in [3.63, 3.8) is 0 Å². The molecule has 0 saturated carbocycles. The fourth-order valence-electron chi connectivity index (χ4n) is 1.51. The van der Waals surface area contributed by atoms with Crippen molar-refractivity contribution in [2.45, 2.75) is 6.54 Å². The molecule has 0 unspecified atom stereocenters. The zero-order valence-corrected chi connectivity index (χ0v) is 10.8. The summed E-state index contributed by atoms with van der Waals surface area (Å²) in [4.78, 5) is 4.53. The first kappa shape index (κ1) is 11.3. The molecule has 2 aromatic rings. The zero-order valence-electron chi connectivity index (χ0n) is 8.43. The first-order valence-corrected chi connectivity index (χ1v) is 5.91. The van der Waals surface area contributed by atoms with Crippen molar-refractivity contribution in [2.75, 3.05) is 0 Å². The number of thiocarbonyl (C=S) groups is 1. The van der Waals surface area contributed by atoms with E-state index in [-0.39, 0.29) is 0 Å². The summed E-state index contributed by atoms with van der Waals surface area (Å²) in [5, 5.41) is 0. The first-order valence-electron chi connectivity index (χ1n) is 4.71. The molecule has 0 bridgehead atoms. The Morgan fingerprint density at radius 1 is 1.50 bits per heavy atom. The van der Waals surface area contributed by atoms with E-state index in [1.807, 2.05) is 35.2 Å². The van der Waals surface area contributed by atoms with E-state index in [9.17, 15) is 0 Å². The van der Waals surface area contributed by atoms with Crippen molar-refractivity contribution in [1.82, 2.24) is 9.55 Å². The van der Waals surface area contributed by atoms with Crippen molar-refractivity contribution in [3.8, 4) is 0 Å². The minimum atomic E-state index is 0.410. The van der Waals surface area contributed by atoms with Gasteiger partial charge in [-0.15, -0.1) is 0 Å². The standard InChI is InChI=1S/C11H10BrN3S/c12-9-4-8(5-14-6-9)7-15-3-1-2-10(15)11(13)16/h1-6H,7H2,(H2,13,16). The summed E-state index contributed by atoms with van der Waals surface area (Å²) in [5.74, 6) is 0. The number of nitrogens with two attached hydrogens (primary N) is 1. The summed E-state index contributed by atoms with van der Waals surface area (Å²) in [5.41, 5.74) is 7.60. The Bertz CT molecular complexity index is 521. The van der Waals surface area contributed by atoms with Crippen molar-refractivity contribution in [2.24, 2.45) is 5.73 Å². The molecule has 3 nitrogen and oxygen atoms in total. The van der Waals surface area contributed by atoms with Crippen LogP contribution in [0.3, 0.4) is 0 Å². The van der Waals surface area contributed by atoms with Gasteiger partial charge in [-0.3, -0.25) is 4.98 Å². The molecule has 0 aliphatic heterocycles. The summed E-state index contributed by atoms with van der Waals surface area (Å²) in [7, 11) is 0. The molecule has 5 heteroatoms. The van der Waals surface area contributed by atoms with Crippen LogP contribution in [0, 0.1) is 0 Å². The van der Waals surface area contributed by atoms with Crippen molar-refractivity contribution in [1.29, 1.82) is 0 Å². The quantitative estimate of drug-likeness (QED) is 0.884. The van der Waals surface area contributed by atoms with Gasteiger partial charge < -0.3 is 10.3 Å². The molecule has 0 aliphatic carbocycles. The number of halogens is 1. The van der Waals surface area contributed by atoms with Gasteiger partial charge in [0.2, 0.25) is 0 Å². The van der Waals surface area contributed by atoms with Gasteiger partial charge in [-0.05, 0) is 39.7 Å². The van der Waals surface area contributed by atoms with Gasteiger partial charge in [0.25, 0.3) is 0 Å². The summed E-state index contributed by atoms with van der Waals surface area (Å²) >= 11 is 8.37. The predicted octanol–water partition coefficient (Wildman–Crippen LogP) is 2.33. The summed E-state index contributed by atoms with van der Waals surface area (Å²) in [6.07, 6.45) is 5.54. The SMILES string of the molecule is NC(=S)c1cccn1Cc1cncc(Br)c1. The third-order valence-corrected chi connectivity index (χ3v) is 2.84. The van der Waals surface area contributed by atoms with E-state index in [0.717, 1.165) is 15.7 Å². The van der Waals surface area contributed by atoms with E-state index in [1.54, 1.807) is 6.20 Å². The van der Waals surface area contributed by atoms with Crippen LogP contribution in [-0.2, 0) is 6.54 Å². The molecular weight excluding hydrogens is 286 g/mol. The molecule has 0 atom stereocenters. The number of nitrogens with zero attached hydrogens (tertiary/aromatic N) is 2. The fourth-order valence-corrected chi connectivity index (χ4v) is 2.11. The van der Waals surface area contributed by atoms with Crippen LogP contribution >= 0.6 is 28.1 Å². The minimum absolute atomic E-state index is 0.410. The van der Waals surface area contributed by atoms with Crippen LogP contribution in [0.2, 0.25) is 0 Å². The Labute approximate surface area is 107 Å². The number of pyridine rings is 1. The lowest BCUT2D eigenvalue weighted by atomic mass is 10.3. The van der Waals surface area contributed by atoms with E-state index in [1.165, 1.54) is 0 Å². The lowest BCUT2D eigenvalue weighted by Gasteiger charge is -2.07. The molecule has 0 spiro atoms. The van der Waals surface area contributed by atoms with Crippen LogP contribution in [0.4, 0.5) is 0 Å². The van der Waals surface area contributed by atoms with Gasteiger partial charge in [-0.1, -0.05) is 12.2 Å². The molecule has 0 aliphatic rings. The molecule has 0 fully saturated rings. The second kappa shape index (κ2) is 4.76. The van der Waals surface area contributed by atoms with Crippen molar-refractivity contribution in [3.05, 3.63) is 52.5 Å². The fraction of sp³-hybridized carbons (Fsp3) is 0.0909. The monoisotopic (exact) mass is 295 g/mol. The number of aromatic nitrogens is 2. The smallest absolute Gasteiger partial charge is 0.120 e. The number of rotatable bonds is 3. The van der Waals surface area contributed by atoms with Crippen LogP contribution < -0.4 is 5.73 Å². The third kappa shape index (κ3) is 2.48. The van der Waals surface area contributed by atoms with Gasteiger partial charge in [0.1, 0.15) is 4.99 Å². The zero-order chi connectivity index (χ0) is 11.5. The van der Waals surface area contributed by atoms with E-state index < -0.39 is 0 Å². The van der Waals surface area contributed by atoms with E-state index in [0.29, 0.717) is 11.5 Å². The second-order valence-corrected chi connectivity index (χ2v) is 4.75. The average Bonchev–Trinajstić information content (AvgIpc) is 2.66. The van der Waals surface area contributed by atoms with Gasteiger partial charge in [0.05, 0.1) is 5.69 Å². The Hall–Kier alpha value is -1.20. The molecule has 82 valence electrons. The number of hydrogen-bond acceptors (Lipinski definition) is 2. The van der Waals surface area contributed by atoms with Crippen LogP contribution in [0.5, 0.6) is 0 Å². The highest BCUT2D eigenvalue weighted by Gasteiger charge is 2.04. The largest absolute Gasteiger partial charge is 0.388 e. The molecule has 2 aromatic heterocycles. The third-order valence-electron chi connectivity index (χ3n) is 2.20. The van der Waals surface area contributed by atoms with E-state index in [2.05, 4.69) is 20.9 Å². The normalized spacial score (nSPS) is 10.3. The summed E-state index contributed by atoms with van der Waals surface area (Å²) in [6.45, 7) is 0.714. The van der Waals surface area contributed by atoms with E-state index >= 15 is 0 Å². The van der Waals surface area contributed by atoms with Gasteiger partial charge >= 0.3 is 0 Å². The van der Waals surface area contributed by atoms with E-state index in [4.69, 9.17) is 18.0 Å². The molecule has 0 radical (unpaired) electrons.